The van der Waals surface area contributed by atoms with Gasteiger partial charge in [-0.1, -0.05) is 84.7 Å². The van der Waals surface area contributed by atoms with E-state index in [1.165, 1.54) is 0 Å². The van der Waals surface area contributed by atoms with Crippen molar-refractivity contribution in [3.8, 4) is 5.75 Å². The maximum Gasteiger partial charge on any atom is 0.243 e. The standard InChI is InChI=1S/C29H32Cl2N2O3/c1-2-17-32-29(35)27(19-22-10-5-3-6-11-22)33(21-23-15-16-24(30)20-26(23)31)28(34)14-9-18-36-25-12-7-4-8-13-25/h3-8,10-13,15-16,20,27H,2,9,14,17-19,21H2,1H3,(H,32,35). The molecule has 3 aromatic carbocycles. The van der Waals surface area contributed by atoms with E-state index in [0.717, 1.165) is 23.3 Å². The first-order valence-corrected chi connectivity index (χ1v) is 13.0. The summed E-state index contributed by atoms with van der Waals surface area (Å²) in [7, 11) is 0. The van der Waals surface area contributed by atoms with Crippen LogP contribution in [0.15, 0.2) is 78.9 Å². The molecule has 2 amide bonds. The van der Waals surface area contributed by atoms with E-state index in [-0.39, 0.29) is 24.8 Å². The second-order valence-corrected chi connectivity index (χ2v) is 9.36. The van der Waals surface area contributed by atoms with E-state index in [9.17, 15) is 9.59 Å². The Bertz CT molecular complexity index is 1110. The third-order valence-corrected chi connectivity index (χ3v) is 6.31. The molecule has 0 heterocycles. The number of halogens is 2. The van der Waals surface area contributed by atoms with E-state index in [1.54, 1.807) is 23.1 Å². The number of carbonyl (C=O) groups is 2. The van der Waals surface area contributed by atoms with Gasteiger partial charge < -0.3 is 15.0 Å². The molecule has 0 aliphatic carbocycles. The third-order valence-electron chi connectivity index (χ3n) is 5.72. The largest absolute Gasteiger partial charge is 0.494 e. The number of nitrogens with one attached hydrogen (secondary N) is 1. The van der Waals surface area contributed by atoms with Gasteiger partial charge in [-0.3, -0.25) is 9.59 Å². The van der Waals surface area contributed by atoms with Gasteiger partial charge in [-0.15, -0.1) is 0 Å². The molecule has 3 aromatic rings. The average Bonchev–Trinajstić information content (AvgIpc) is 2.89. The fourth-order valence-corrected chi connectivity index (χ4v) is 4.30. The van der Waals surface area contributed by atoms with Crippen molar-refractivity contribution in [1.29, 1.82) is 0 Å². The fraction of sp³-hybridized carbons (Fsp3) is 0.310. The molecule has 0 aliphatic rings. The minimum Gasteiger partial charge on any atom is -0.494 e. The molecule has 1 atom stereocenters. The van der Waals surface area contributed by atoms with Crippen molar-refractivity contribution in [3.05, 3.63) is 100 Å². The van der Waals surface area contributed by atoms with E-state index >= 15 is 0 Å². The van der Waals surface area contributed by atoms with Crippen LogP contribution in [0.3, 0.4) is 0 Å². The maximum absolute atomic E-state index is 13.6. The fourth-order valence-electron chi connectivity index (χ4n) is 3.83. The Hall–Kier alpha value is -3.02. The Kier molecular flexibility index (Phi) is 11.1. The van der Waals surface area contributed by atoms with Crippen molar-refractivity contribution in [2.45, 2.75) is 45.2 Å². The van der Waals surface area contributed by atoms with E-state index in [1.807, 2.05) is 67.6 Å². The first-order chi connectivity index (χ1) is 17.5. The number of hydrogen-bond donors (Lipinski definition) is 1. The summed E-state index contributed by atoms with van der Waals surface area (Å²) in [5.41, 5.74) is 1.71. The van der Waals surface area contributed by atoms with Crippen LogP contribution in [0.5, 0.6) is 5.75 Å². The first-order valence-electron chi connectivity index (χ1n) is 12.2. The zero-order valence-electron chi connectivity index (χ0n) is 20.5. The Morgan fingerprint density at radius 3 is 2.33 bits per heavy atom. The van der Waals surface area contributed by atoms with Crippen LogP contribution in [0.2, 0.25) is 10.0 Å². The highest BCUT2D eigenvalue weighted by molar-refractivity contribution is 6.35. The number of amides is 2. The molecule has 1 unspecified atom stereocenters. The molecule has 0 bridgehead atoms. The van der Waals surface area contributed by atoms with Crippen molar-refractivity contribution in [2.75, 3.05) is 13.2 Å². The van der Waals surface area contributed by atoms with Crippen LogP contribution in [0.4, 0.5) is 0 Å². The summed E-state index contributed by atoms with van der Waals surface area (Å²) in [4.78, 5) is 28.5. The molecule has 5 nitrogen and oxygen atoms in total. The van der Waals surface area contributed by atoms with Crippen molar-refractivity contribution < 1.29 is 14.3 Å². The SMILES string of the molecule is CCCNC(=O)C(Cc1ccccc1)N(Cc1ccc(Cl)cc1Cl)C(=O)CCCOc1ccccc1. The summed E-state index contributed by atoms with van der Waals surface area (Å²) < 4.78 is 5.76. The maximum atomic E-state index is 13.6. The van der Waals surface area contributed by atoms with Crippen molar-refractivity contribution in [3.63, 3.8) is 0 Å². The summed E-state index contributed by atoms with van der Waals surface area (Å²) in [5.74, 6) is 0.445. The summed E-state index contributed by atoms with van der Waals surface area (Å²) in [5, 5.41) is 3.95. The third kappa shape index (κ3) is 8.58. The van der Waals surface area contributed by atoms with E-state index in [2.05, 4.69) is 5.32 Å². The lowest BCUT2D eigenvalue weighted by atomic mass is 10.0. The lowest BCUT2D eigenvalue weighted by Gasteiger charge is -2.32. The van der Waals surface area contributed by atoms with Gasteiger partial charge in [-0.25, -0.2) is 0 Å². The predicted octanol–water partition coefficient (Wildman–Crippen LogP) is 6.32. The number of hydrogen-bond acceptors (Lipinski definition) is 3. The summed E-state index contributed by atoms with van der Waals surface area (Å²) in [6, 6.07) is 23.7. The second kappa shape index (κ2) is 14.5. The van der Waals surface area contributed by atoms with Gasteiger partial charge in [0.15, 0.2) is 0 Å². The number of para-hydroxylation sites is 1. The summed E-state index contributed by atoms with van der Waals surface area (Å²) in [6.07, 6.45) is 1.96. The van der Waals surface area contributed by atoms with E-state index in [0.29, 0.717) is 36.0 Å². The zero-order valence-corrected chi connectivity index (χ0v) is 22.0. The summed E-state index contributed by atoms with van der Waals surface area (Å²) in [6.45, 7) is 3.14. The van der Waals surface area contributed by atoms with Crippen LogP contribution < -0.4 is 10.1 Å². The number of ether oxygens (including phenoxy) is 1. The molecule has 0 spiro atoms. The van der Waals surface area contributed by atoms with Crippen molar-refractivity contribution >= 4 is 35.0 Å². The molecule has 0 saturated heterocycles. The highest BCUT2D eigenvalue weighted by Gasteiger charge is 2.30. The molecule has 190 valence electrons. The first kappa shape index (κ1) is 27.6. The van der Waals surface area contributed by atoms with Gasteiger partial charge in [0.05, 0.1) is 6.61 Å². The molecule has 0 aromatic heterocycles. The molecule has 0 saturated carbocycles. The van der Waals surface area contributed by atoms with Crippen LogP contribution in [-0.2, 0) is 22.6 Å². The van der Waals surface area contributed by atoms with Crippen LogP contribution >= 0.6 is 23.2 Å². The molecule has 1 N–H and O–H groups in total. The van der Waals surface area contributed by atoms with Crippen LogP contribution in [0.1, 0.15) is 37.3 Å². The number of nitrogens with zero attached hydrogens (tertiary/aromatic N) is 1. The number of benzene rings is 3. The van der Waals surface area contributed by atoms with Crippen LogP contribution in [0.25, 0.3) is 0 Å². The molecular formula is C29H32Cl2N2O3. The predicted molar refractivity (Wildman–Crippen MR) is 145 cm³/mol. The van der Waals surface area contributed by atoms with E-state index < -0.39 is 6.04 Å². The monoisotopic (exact) mass is 526 g/mol. The number of carbonyl (C=O) groups excluding carboxylic acids is 2. The molecule has 7 heteroatoms. The minimum absolute atomic E-state index is 0.134. The molecular weight excluding hydrogens is 495 g/mol. The quantitative estimate of drug-likeness (QED) is 0.265. The minimum atomic E-state index is -0.687. The second-order valence-electron chi connectivity index (χ2n) is 8.52. The number of rotatable bonds is 13. The van der Waals surface area contributed by atoms with Crippen LogP contribution in [0, 0.1) is 0 Å². The Balaban J connectivity index is 1.81. The van der Waals surface area contributed by atoms with Gasteiger partial charge in [0.1, 0.15) is 11.8 Å². The van der Waals surface area contributed by atoms with Crippen molar-refractivity contribution in [2.24, 2.45) is 0 Å². The topological polar surface area (TPSA) is 58.6 Å². The van der Waals surface area contributed by atoms with Gasteiger partial charge in [0.2, 0.25) is 11.8 Å². The molecule has 0 radical (unpaired) electrons. The van der Waals surface area contributed by atoms with Gasteiger partial charge in [-0.2, -0.15) is 0 Å². The smallest absolute Gasteiger partial charge is 0.243 e. The van der Waals surface area contributed by atoms with E-state index in [4.69, 9.17) is 27.9 Å². The normalized spacial score (nSPS) is 11.5. The van der Waals surface area contributed by atoms with Gasteiger partial charge >= 0.3 is 0 Å². The highest BCUT2D eigenvalue weighted by atomic mass is 35.5. The lowest BCUT2D eigenvalue weighted by Crippen LogP contribution is -2.50. The highest BCUT2D eigenvalue weighted by Crippen LogP contribution is 2.24. The lowest BCUT2D eigenvalue weighted by molar-refractivity contribution is -0.141. The summed E-state index contributed by atoms with van der Waals surface area (Å²) >= 11 is 12.5. The average molecular weight is 527 g/mol. The zero-order chi connectivity index (χ0) is 25.8. The molecule has 3 rings (SSSR count). The Labute approximate surface area is 223 Å². The molecule has 36 heavy (non-hydrogen) atoms. The van der Waals surface area contributed by atoms with Gasteiger partial charge in [-0.05, 0) is 48.2 Å². The van der Waals surface area contributed by atoms with Gasteiger partial charge in [0, 0.05) is 36.0 Å². The molecule has 0 aliphatic heterocycles. The Morgan fingerprint density at radius 1 is 0.972 bits per heavy atom. The van der Waals surface area contributed by atoms with Crippen LogP contribution in [-0.4, -0.2) is 35.9 Å². The molecule has 0 fully saturated rings. The van der Waals surface area contributed by atoms with Gasteiger partial charge in [0.25, 0.3) is 0 Å². The van der Waals surface area contributed by atoms with Crippen molar-refractivity contribution in [1.82, 2.24) is 10.2 Å². The Morgan fingerprint density at radius 2 is 1.67 bits per heavy atom.